The number of sulfonamides is 1. The lowest BCUT2D eigenvalue weighted by Gasteiger charge is -2.22. The van der Waals surface area contributed by atoms with Crippen LogP contribution in [0.2, 0.25) is 0 Å². The molecule has 104 valence electrons. The van der Waals surface area contributed by atoms with Crippen LogP contribution in [-0.4, -0.2) is 18.6 Å². The van der Waals surface area contributed by atoms with Gasteiger partial charge in [0.05, 0.1) is 4.90 Å². The Balaban J connectivity index is 3.51. The highest BCUT2D eigenvalue weighted by Crippen LogP contribution is 2.25. The third kappa shape index (κ3) is 2.87. The molecule has 4 nitrogen and oxygen atoms in total. The topological polar surface area (TPSA) is 61.2 Å². The average molecular weight is 280 g/mol. The van der Waals surface area contributed by atoms with E-state index in [2.05, 4.69) is 6.58 Å². The number of nitrogens with zero attached hydrogens (tertiary/aromatic N) is 1. The summed E-state index contributed by atoms with van der Waals surface area (Å²) in [6, 6.07) is 3.66. The highest BCUT2D eigenvalue weighted by Gasteiger charge is 2.27. The van der Waals surface area contributed by atoms with Gasteiger partial charge in [-0.2, -0.15) is 0 Å². The van der Waals surface area contributed by atoms with Crippen LogP contribution in [-0.2, 0) is 10.0 Å². The van der Waals surface area contributed by atoms with E-state index in [1.54, 1.807) is 20.8 Å². The fraction of sp³-hybridized carbons (Fsp3) is 0.357. The lowest BCUT2D eigenvalue weighted by atomic mass is 10.1. The Morgan fingerprint density at radius 3 is 2.16 bits per heavy atom. The van der Waals surface area contributed by atoms with Crippen molar-refractivity contribution in [3.63, 3.8) is 0 Å². The molecule has 0 fully saturated rings. The van der Waals surface area contributed by atoms with Gasteiger partial charge in [-0.25, -0.2) is 12.7 Å². The highest BCUT2D eigenvalue weighted by molar-refractivity contribution is 7.89. The molecule has 0 spiro atoms. The predicted molar refractivity (Wildman–Crippen MR) is 77.9 cm³/mol. The number of aryl methyl sites for hydroxylation is 3. The number of hydrogen-bond acceptors (Lipinski definition) is 3. The standard InChI is InChI=1S/C14H20N2O2S/c1-6-13(15)16(7-2)19(17,18)14-11(4)8-10(3)9-12(14)5/h7-9,15H,2,6H2,1,3-5H3. The van der Waals surface area contributed by atoms with Gasteiger partial charge >= 0.3 is 0 Å². The van der Waals surface area contributed by atoms with E-state index in [0.29, 0.717) is 17.5 Å². The van der Waals surface area contributed by atoms with Crippen LogP contribution in [0.15, 0.2) is 29.8 Å². The molecule has 0 atom stereocenters. The summed E-state index contributed by atoms with van der Waals surface area (Å²) in [7, 11) is -3.75. The summed E-state index contributed by atoms with van der Waals surface area (Å²) in [5.74, 6) is 0.00868. The monoisotopic (exact) mass is 280 g/mol. The lowest BCUT2D eigenvalue weighted by molar-refractivity contribution is 0.559. The molecule has 5 heteroatoms. The summed E-state index contributed by atoms with van der Waals surface area (Å²) in [6.07, 6.45) is 1.51. The molecule has 0 aliphatic carbocycles. The summed E-state index contributed by atoms with van der Waals surface area (Å²) in [4.78, 5) is 0.260. The maximum Gasteiger partial charge on any atom is 0.269 e. The molecule has 0 saturated heterocycles. The molecule has 1 aromatic carbocycles. The summed E-state index contributed by atoms with van der Waals surface area (Å²) < 4.78 is 26.2. The van der Waals surface area contributed by atoms with Crippen LogP contribution in [0.4, 0.5) is 0 Å². The normalized spacial score (nSPS) is 11.2. The Bertz CT molecular complexity index is 595. The zero-order chi connectivity index (χ0) is 14.8. The van der Waals surface area contributed by atoms with Crippen LogP contribution in [0, 0.1) is 26.2 Å². The first kappa shape index (κ1) is 15.4. The molecule has 0 aromatic heterocycles. The van der Waals surface area contributed by atoms with Gasteiger partial charge in [0.15, 0.2) is 0 Å². The van der Waals surface area contributed by atoms with E-state index in [1.807, 2.05) is 19.1 Å². The third-order valence-electron chi connectivity index (χ3n) is 2.89. The largest absolute Gasteiger partial charge is 0.287 e. The smallest absolute Gasteiger partial charge is 0.269 e. The Hall–Kier alpha value is -1.62. The molecule has 0 aliphatic heterocycles. The molecule has 0 heterocycles. The van der Waals surface area contributed by atoms with Crippen LogP contribution in [0.5, 0.6) is 0 Å². The fourth-order valence-corrected chi connectivity index (χ4v) is 3.93. The molecule has 0 saturated carbocycles. The number of rotatable bonds is 4. The minimum atomic E-state index is -3.75. The van der Waals surface area contributed by atoms with Crippen molar-refractivity contribution in [2.45, 2.75) is 39.0 Å². The maximum absolute atomic E-state index is 12.6. The second-order valence-electron chi connectivity index (χ2n) is 4.51. The fourth-order valence-electron chi connectivity index (χ4n) is 2.18. The van der Waals surface area contributed by atoms with Gasteiger partial charge in [-0.1, -0.05) is 31.2 Å². The van der Waals surface area contributed by atoms with Crippen molar-refractivity contribution >= 4 is 15.9 Å². The van der Waals surface area contributed by atoms with Crippen molar-refractivity contribution in [1.29, 1.82) is 5.41 Å². The van der Waals surface area contributed by atoms with Crippen molar-refractivity contribution in [1.82, 2.24) is 4.31 Å². The van der Waals surface area contributed by atoms with Gasteiger partial charge < -0.3 is 0 Å². The van der Waals surface area contributed by atoms with Crippen LogP contribution >= 0.6 is 0 Å². The van der Waals surface area contributed by atoms with E-state index in [9.17, 15) is 8.42 Å². The van der Waals surface area contributed by atoms with E-state index >= 15 is 0 Å². The van der Waals surface area contributed by atoms with Crippen LogP contribution in [0.1, 0.15) is 30.0 Å². The van der Waals surface area contributed by atoms with Crippen molar-refractivity contribution in [3.05, 3.63) is 41.6 Å². The number of benzene rings is 1. The van der Waals surface area contributed by atoms with Crippen molar-refractivity contribution in [2.75, 3.05) is 0 Å². The second-order valence-corrected chi connectivity index (χ2v) is 6.26. The van der Waals surface area contributed by atoms with Gasteiger partial charge in [0, 0.05) is 12.6 Å². The van der Waals surface area contributed by atoms with Crippen LogP contribution in [0.3, 0.4) is 0 Å². The van der Waals surface area contributed by atoms with Gasteiger partial charge in [-0.05, 0) is 31.9 Å². The second kappa shape index (κ2) is 5.57. The molecule has 0 unspecified atom stereocenters. The van der Waals surface area contributed by atoms with E-state index in [1.165, 1.54) is 6.20 Å². The minimum absolute atomic E-state index is 0.00868. The molecular weight excluding hydrogens is 260 g/mol. The van der Waals surface area contributed by atoms with Gasteiger partial charge in [0.1, 0.15) is 5.84 Å². The summed E-state index contributed by atoms with van der Waals surface area (Å²) in [6.45, 7) is 10.7. The average Bonchev–Trinajstić information content (AvgIpc) is 2.27. The van der Waals surface area contributed by atoms with Gasteiger partial charge in [-0.15, -0.1) is 0 Å². The molecule has 0 bridgehead atoms. The zero-order valence-electron chi connectivity index (χ0n) is 11.8. The van der Waals surface area contributed by atoms with Crippen molar-refractivity contribution in [3.8, 4) is 0 Å². The number of amidine groups is 1. The first-order chi connectivity index (χ1) is 8.75. The highest BCUT2D eigenvalue weighted by atomic mass is 32.2. The van der Waals surface area contributed by atoms with Crippen molar-refractivity contribution < 1.29 is 8.42 Å². The van der Waals surface area contributed by atoms with Gasteiger partial charge in [0.25, 0.3) is 10.0 Å². The predicted octanol–water partition coefficient (Wildman–Crippen LogP) is 3.13. The third-order valence-corrected chi connectivity index (χ3v) is 4.94. The van der Waals surface area contributed by atoms with E-state index in [0.717, 1.165) is 9.87 Å². The molecule has 0 aliphatic rings. The van der Waals surface area contributed by atoms with Crippen molar-refractivity contribution in [2.24, 2.45) is 0 Å². The Kier molecular flexibility index (Phi) is 4.52. The van der Waals surface area contributed by atoms with Gasteiger partial charge in [-0.3, -0.25) is 5.41 Å². The van der Waals surface area contributed by atoms with Crippen LogP contribution in [0.25, 0.3) is 0 Å². The summed E-state index contributed by atoms with van der Waals surface area (Å²) >= 11 is 0. The minimum Gasteiger partial charge on any atom is -0.287 e. The molecule has 19 heavy (non-hydrogen) atoms. The molecule has 1 rings (SSSR count). The summed E-state index contributed by atoms with van der Waals surface area (Å²) in [5, 5.41) is 7.76. The first-order valence-corrected chi connectivity index (χ1v) is 7.52. The van der Waals surface area contributed by atoms with E-state index in [4.69, 9.17) is 5.41 Å². The summed E-state index contributed by atoms with van der Waals surface area (Å²) in [5.41, 5.74) is 2.39. The SMILES string of the molecule is C=CN(C(=N)CC)S(=O)(=O)c1c(C)cc(C)cc1C. The maximum atomic E-state index is 12.6. The number of nitrogens with one attached hydrogen (secondary N) is 1. The number of hydrogen-bond donors (Lipinski definition) is 1. The first-order valence-electron chi connectivity index (χ1n) is 6.08. The Labute approximate surface area is 115 Å². The van der Waals surface area contributed by atoms with E-state index in [-0.39, 0.29) is 10.7 Å². The van der Waals surface area contributed by atoms with Gasteiger partial charge in [0.2, 0.25) is 0 Å². The van der Waals surface area contributed by atoms with E-state index < -0.39 is 10.0 Å². The van der Waals surface area contributed by atoms with Crippen LogP contribution < -0.4 is 0 Å². The molecule has 1 aromatic rings. The molecule has 0 amide bonds. The quantitative estimate of drug-likeness (QED) is 0.680. The zero-order valence-corrected chi connectivity index (χ0v) is 12.6. The Morgan fingerprint density at radius 2 is 1.79 bits per heavy atom. The Morgan fingerprint density at radius 1 is 1.32 bits per heavy atom. The molecule has 1 N–H and O–H groups in total. The molecular formula is C14H20N2O2S. The molecule has 0 radical (unpaired) electrons. The lowest BCUT2D eigenvalue weighted by Crippen LogP contribution is -2.32.